The average molecular weight is 196 g/mol. The Morgan fingerprint density at radius 3 is 2.71 bits per heavy atom. The number of nitrogens with one attached hydrogen (secondary N) is 1. The van der Waals surface area contributed by atoms with Crippen molar-refractivity contribution in [3.05, 3.63) is 5.82 Å². The van der Waals surface area contributed by atoms with E-state index in [4.69, 9.17) is 5.11 Å². The van der Waals surface area contributed by atoms with Crippen LogP contribution >= 0.6 is 0 Å². The summed E-state index contributed by atoms with van der Waals surface area (Å²) in [5, 5.41) is 22.1. The Hall–Kier alpha value is -1.46. The first-order valence-electron chi connectivity index (χ1n) is 4.75. The van der Waals surface area contributed by atoms with Gasteiger partial charge >= 0.3 is 5.97 Å². The highest BCUT2D eigenvalue weighted by molar-refractivity contribution is 5.75. The lowest BCUT2D eigenvalue weighted by Crippen LogP contribution is -2.21. The van der Waals surface area contributed by atoms with Gasteiger partial charge in [0.25, 0.3) is 0 Å². The molecule has 2 N–H and O–H groups in total. The second kappa shape index (κ2) is 3.73. The molecule has 1 saturated carbocycles. The molecule has 1 aliphatic rings. The van der Waals surface area contributed by atoms with Crippen LogP contribution in [0.1, 0.15) is 37.4 Å². The normalized spacial score (nSPS) is 19.7. The number of aliphatic carboxylic acids is 1. The maximum Gasteiger partial charge on any atom is 0.314 e. The van der Waals surface area contributed by atoms with Gasteiger partial charge in [-0.2, -0.15) is 0 Å². The minimum atomic E-state index is -0.838. The van der Waals surface area contributed by atoms with Crippen LogP contribution < -0.4 is 0 Å². The summed E-state index contributed by atoms with van der Waals surface area (Å²) in [4.78, 5) is 11.1. The molecule has 1 heterocycles. The highest BCUT2D eigenvalue weighted by Gasteiger charge is 2.34. The highest BCUT2D eigenvalue weighted by atomic mass is 16.4. The number of nitrogens with zero attached hydrogens (tertiary/aromatic N) is 3. The number of H-pyrrole nitrogens is 1. The predicted molar refractivity (Wildman–Crippen MR) is 46.5 cm³/mol. The van der Waals surface area contributed by atoms with Gasteiger partial charge in [0.05, 0.1) is 0 Å². The van der Waals surface area contributed by atoms with Gasteiger partial charge in [0, 0.05) is 0 Å². The van der Waals surface area contributed by atoms with Crippen molar-refractivity contribution < 1.29 is 9.90 Å². The van der Waals surface area contributed by atoms with Crippen molar-refractivity contribution >= 4 is 5.97 Å². The molecular formula is C8H12N4O2. The minimum absolute atomic E-state index is 0.183. The Morgan fingerprint density at radius 2 is 2.21 bits per heavy atom. The van der Waals surface area contributed by atoms with Gasteiger partial charge in [-0.1, -0.05) is 12.8 Å². The van der Waals surface area contributed by atoms with Crippen LogP contribution in [0.5, 0.6) is 0 Å². The maximum atomic E-state index is 11.1. The molecule has 1 aromatic heterocycles. The van der Waals surface area contributed by atoms with Crippen molar-refractivity contribution in [2.75, 3.05) is 0 Å². The molecule has 6 heteroatoms. The summed E-state index contributed by atoms with van der Waals surface area (Å²) in [7, 11) is 0. The molecule has 0 aromatic carbocycles. The zero-order chi connectivity index (χ0) is 9.97. The van der Waals surface area contributed by atoms with Crippen molar-refractivity contribution in [1.29, 1.82) is 0 Å². The average Bonchev–Trinajstić information content (AvgIpc) is 2.75. The summed E-state index contributed by atoms with van der Waals surface area (Å²) in [6.45, 7) is 0. The molecule has 0 spiro atoms. The number of carbonyl (C=O) groups is 1. The molecule has 0 radical (unpaired) electrons. The molecule has 1 aliphatic carbocycles. The Bertz CT molecular complexity index is 305. The SMILES string of the molecule is O=C(O)C(c1nnn[nH]1)C1CCCC1. The Morgan fingerprint density at radius 1 is 1.50 bits per heavy atom. The van der Waals surface area contributed by atoms with Crippen molar-refractivity contribution in [2.45, 2.75) is 31.6 Å². The summed E-state index contributed by atoms with van der Waals surface area (Å²) in [5.41, 5.74) is 0. The standard InChI is InChI=1S/C8H12N4O2/c13-8(14)6(5-3-1-2-4-5)7-9-11-12-10-7/h5-6H,1-4H2,(H,13,14)(H,9,10,11,12). The second-order valence-corrected chi connectivity index (χ2v) is 3.65. The van der Waals surface area contributed by atoms with Crippen LogP contribution in [0.4, 0.5) is 0 Å². The summed E-state index contributed by atoms with van der Waals surface area (Å²) >= 11 is 0. The van der Waals surface area contributed by atoms with E-state index in [0.717, 1.165) is 25.7 Å². The number of tetrazole rings is 1. The van der Waals surface area contributed by atoms with E-state index in [9.17, 15) is 4.79 Å². The van der Waals surface area contributed by atoms with Crippen LogP contribution in [0.2, 0.25) is 0 Å². The molecule has 0 aliphatic heterocycles. The van der Waals surface area contributed by atoms with Gasteiger partial charge in [-0.3, -0.25) is 4.79 Å². The molecule has 0 saturated heterocycles. The van der Waals surface area contributed by atoms with Crippen molar-refractivity contribution in [1.82, 2.24) is 20.6 Å². The van der Waals surface area contributed by atoms with Gasteiger partial charge in [-0.25, -0.2) is 5.10 Å². The van der Waals surface area contributed by atoms with Crippen molar-refractivity contribution in [2.24, 2.45) is 5.92 Å². The molecule has 14 heavy (non-hydrogen) atoms. The van der Waals surface area contributed by atoms with Crippen LogP contribution in [0, 0.1) is 5.92 Å². The first-order valence-corrected chi connectivity index (χ1v) is 4.75. The maximum absolute atomic E-state index is 11.1. The zero-order valence-corrected chi connectivity index (χ0v) is 7.68. The summed E-state index contributed by atoms with van der Waals surface area (Å²) in [6, 6.07) is 0. The van der Waals surface area contributed by atoms with Crippen LogP contribution in [-0.4, -0.2) is 31.7 Å². The van der Waals surface area contributed by atoms with E-state index in [1.807, 2.05) is 0 Å². The first-order chi connectivity index (χ1) is 6.79. The topological polar surface area (TPSA) is 91.8 Å². The third-order valence-electron chi connectivity index (χ3n) is 2.79. The largest absolute Gasteiger partial charge is 0.481 e. The van der Waals surface area contributed by atoms with Crippen LogP contribution in [0.3, 0.4) is 0 Å². The molecule has 1 aromatic rings. The number of aromatic amines is 1. The number of aromatic nitrogens is 4. The number of hydrogen-bond acceptors (Lipinski definition) is 4. The van der Waals surface area contributed by atoms with E-state index in [0.29, 0.717) is 5.82 Å². The van der Waals surface area contributed by atoms with Crippen LogP contribution in [-0.2, 0) is 4.79 Å². The Labute approximate surface area is 80.7 Å². The van der Waals surface area contributed by atoms with E-state index >= 15 is 0 Å². The Kier molecular flexibility index (Phi) is 2.43. The number of hydrogen-bond donors (Lipinski definition) is 2. The van der Waals surface area contributed by atoms with Gasteiger partial charge in [0.2, 0.25) is 0 Å². The molecule has 1 atom stereocenters. The van der Waals surface area contributed by atoms with Crippen LogP contribution in [0.15, 0.2) is 0 Å². The molecule has 1 fully saturated rings. The third kappa shape index (κ3) is 1.59. The van der Waals surface area contributed by atoms with E-state index < -0.39 is 11.9 Å². The van der Waals surface area contributed by atoms with E-state index in [1.54, 1.807) is 0 Å². The van der Waals surface area contributed by atoms with E-state index in [2.05, 4.69) is 20.6 Å². The summed E-state index contributed by atoms with van der Waals surface area (Å²) in [5.74, 6) is -0.838. The third-order valence-corrected chi connectivity index (χ3v) is 2.79. The lowest BCUT2D eigenvalue weighted by atomic mass is 9.90. The van der Waals surface area contributed by atoms with Gasteiger partial charge in [-0.15, -0.1) is 5.10 Å². The highest BCUT2D eigenvalue weighted by Crippen LogP contribution is 2.35. The quantitative estimate of drug-likeness (QED) is 0.736. The summed E-state index contributed by atoms with van der Waals surface area (Å²) in [6.07, 6.45) is 4.13. The molecule has 6 nitrogen and oxygen atoms in total. The fraction of sp³-hybridized carbons (Fsp3) is 0.750. The minimum Gasteiger partial charge on any atom is -0.481 e. The van der Waals surface area contributed by atoms with Crippen LogP contribution in [0.25, 0.3) is 0 Å². The Balaban J connectivity index is 2.19. The van der Waals surface area contributed by atoms with Gasteiger partial charge in [0.1, 0.15) is 5.92 Å². The monoisotopic (exact) mass is 196 g/mol. The van der Waals surface area contributed by atoms with Gasteiger partial charge < -0.3 is 5.11 Å². The van der Waals surface area contributed by atoms with E-state index in [1.165, 1.54) is 0 Å². The second-order valence-electron chi connectivity index (χ2n) is 3.65. The lowest BCUT2D eigenvalue weighted by molar-refractivity contribution is -0.140. The number of carboxylic acid groups (broad SMARTS) is 1. The fourth-order valence-corrected chi connectivity index (χ4v) is 2.13. The molecule has 1 unspecified atom stereocenters. The number of rotatable bonds is 3. The van der Waals surface area contributed by atoms with E-state index in [-0.39, 0.29) is 5.92 Å². The molecule has 2 rings (SSSR count). The lowest BCUT2D eigenvalue weighted by Gasteiger charge is -2.15. The fourth-order valence-electron chi connectivity index (χ4n) is 2.13. The smallest absolute Gasteiger partial charge is 0.314 e. The molecule has 0 amide bonds. The molecule has 76 valence electrons. The van der Waals surface area contributed by atoms with Crippen molar-refractivity contribution in [3.8, 4) is 0 Å². The van der Waals surface area contributed by atoms with Crippen molar-refractivity contribution in [3.63, 3.8) is 0 Å². The molecular weight excluding hydrogens is 184 g/mol. The summed E-state index contributed by atoms with van der Waals surface area (Å²) < 4.78 is 0. The first kappa shape index (κ1) is 9.11. The predicted octanol–water partition coefficient (Wildman–Crippen LogP) is 0.558. The zero-order valence-electron chi connectivity index (χ0n) is 7.68. The molecule has 0 bridgehead atoms. The number of carboxylic acids is 1. The van der Waals surface area contributed by atoms with Gasteiger partial charge in [-0.05, 0) is 29.2 Å². The van der Waals surface area contributed by atoms with Gasteiger partial charge in [0.15, 0.2) is 5.82 Å².